The highest BCUT2D eigenvalue weighted by molar-refractivity contribution is 6.30. The van der Waals surface area contributed by atoms with Gasteiger partial charge >= 0.3 is 0 Å². The number of hydrogen-bond acceptors (Lipinski definition) is 6. The highest BCUT2D eigenvalue weighted by Crippen LogP contribution is 2.31. The third-order valence-electron chi connectivity index (χ3n) is 2.65. The molecule has 0 saturated heterocycles. The second-order valence-electron chi connectivity index (χ2n) is 4.27. The molecule has 20 heavy (non-hydrogen) atoms. The fourth-order valence-electron chi connectivity index (χ4n) is 1.65. The minimum absolute atomic E-state index is 0.487. The molecule has 0 amide bonds. The number of hydrogen-bond donors (Lipinski definition) is 1. The monoisotopic (exact) mass is 293 g/mol. The summed E-state index contributed by atoms with van der Waals surface area (Å²) in [6, 6.07) is 5.32. The van der Waals surface area contributed by atoms with E-state index < -0.39 is 0 Å². The first-order valence-electron chi connectivity index (χ1n) is 6.00. The largest absolute Gasteiger partial charge is 0.496 e. The molecule has 0 fully saturated rings. The standard InChI is InChI=1S/C13H16ClN5O/c1-15-12-16-11(17-13(18-12)19(2)3)9-7-8(14)5-6-10(9)20-4/h5-7H,1-4H3,(H,15,16,17,18). The van der Waals surface area contributed by atoms with Crippen molar-refractivity contribution >= 4 is 23.5 Å². The van der Waals surface area contributed by atoms with E-state index >= 15 is 0 Å². The molecule has 2 aromatic rings. The molecule has 0 aliphatic heterocycles. The van der Waals surface area contributed by atoms with Crippen LogP contribution in [0.4, 0.5) is 11.9 Å². The van der Waals surface area contributed by atoms with Crippen LogP contribution in [0.5, 0.6) is 5.75 Å². The minimum Gasteiger partial charge on any atom is -0.496 e. The number of methoxy groups -OCH3 is 1. The summed E-state index contributed by atoms with van der Waals surface area (Å²) in [5, 5.41) is 3.52. The van der Waals surface area contributed by atoms with E-state index in [-0.39, 0.29) is 0 Å². The molecule has 1 heterocycles. The highest BCUT2D eigenvalue weighted by atomic mass is 35.5. The molecule has 0 radical (unpaired) electrons. The van der Waals surface area contributed by atoms with Crippen molar-refractivity contribution < 1.29 is 4.74 Å². The van der Waals surface area contributed by atoms with Crippen LogP contribution in [0.25, 0.3) is 11.4 Å². The van der Waals surface area contributed by atoms with Gasteiger partial charge in [-0.15, -0.1) is 0 Å². The van der Waals surface area contributed by atoms with Crippen LogP contribution in [-0.2, 0) is 0 Å². The Bertz CT molecular complexity index is 618. The molecular formula is C13H16ClN5O. The zero-order chi connectivity index (χ0) is 14.7. The Morgan fingerprint density at radius 1 is 1.20 bits per heavy atom. The summed E-state index contributed by atoms with van der Waals surface area (Å²) in [4.78, 5) is 14.9. The molecule has 0 aliphatic rings. The molecule has 106 valence electrons. The van der Waals surface area contributed by atoms with Gasteiger partial charge in [0.25, 0.3) is 0 Å². The van der Waals surface area contributed by atoms with E-state index in [0.717, 1.165) is 5.56 Å². The van der Waals surface area contributed by atoms with Crippen molar-refractivity contribution in [1.29, 1.82) is 0 Å². The summed E-state index contributed by atoms with van der Waals surface area (Å²) in [6.45, 7) is 0. The van der Waals surface area contributed by atoms with Gasteiger partial charge in [-0.05, 0) is 18.2 Å². The number of rotatable bonds is 4. The summed E-state index contributed by atoms with van der Waals surface area (Å²) in [5.41, 5.74) is 0.724. The van der Waals surface area contributed by atoms with Gasteiger partial charge in [0.05, 0.1) is 12.7 Å². The number of benzene rings is 1. The van der Waals surface area contributed by atoms with Crippen LogP contribution >= 0.6 is 11.6 Å². The molecule has 1 aromatic heterocycles. The van der Waals surface area contributed by atoms with Gasteiger partial charge in [0.2, 0.25) is 11.9 Å². The van der Waals surface area contributed by atoms with Crippen LogP contribution in [0.3, 0.4) is 0 Å². The molecule has 0 aliphatic carbocycles. The number of nitrogens with one attached hydrogen (secondary N) is 1. The van der Waals surface area contributed by atoms with Gasteiger partial charge in [0.15, 0.2) is 5.82 Å². The number of nitrogens with zero attached hydrogens (tertiary/aromatic N) is 4. The third-order valence-corrected chi connectivity index (χ3v) is 2.88. The predicted molar refractivity (Wildman–Crippen MR) is 80.7 cm³/mol. The summed E-state index contributed by atoms with van der Waals surface area (Å²) in [7, 11) is 7.09. The number of anilines is 2. The molecule has 6 nitrogen and oxygen atoms in total. The van der Waals surface area contributed by atoms with Crippen molar-refractivity contribution in [2.75, 3.05) is 38.5 Å². The quantitative estimate of drug-likeness (QED) is 0.933. The first-order chi connectivity index (χ1) is 9.55. The molecular weight excluding hydrogens is 278 g/mol. The highest BCUT2D eigenvalue weighted by Gasteiger charge is 2.13. The van der Waals surface area contributed by atoms with Gasteiger partial charge < -0.3 is 15.0 Å². The van der Waals surface area contributed by atoms with E-state index in [9.17, 15) is 0 Å². The Balaban J connectivity index is 2.62. The first-order valence-corrected chi connectivity index (χ1v) is 6.38. The van der Waals surface area contributed by atoms with Crippen molar-refractivity contribution in [2.24, 2.45) is 0 Å². The van der Waals surface area contributed by atoms with Gasteiger partial charge in [0, 0.05) is 26.2 Å². The van der Waals surface area contributed by atoms with E-state index in [1.165, 1.54) is 0 Å². The second kappa shape index (κ2) is 5.92. The van der Waals surface area contributed by atoms with Crippen LogP contribution in [0.1, 0.15) is 0 Å². The molecule has 0 atom stereocenters. The Labute approximate surface area is 122 Å². The maximum atomic E-state index is 6.05. The SMILES string of the molecule is CNc1nc(-c2cc(Cl)ccc2OC)nc(N(C)C)n1. The van der Waals surface area contributed by atoms with Crippen molar-refractivity contribution in [3.05, 3.63) is 23.2 Å². The lowest BCUT2D eigenvalue weighted by molar-refractivity contribution is 0.416. The molecule has 0 bridgehead atoms. The normalized spacial score (nSPS) is 10.2. The Hall–Kier alpha value is -2.08. The van der Waals surface area contributed by atoms with Crippen molar-refractivity contribution in [1.82, 2.24) is 15.0 Å². The first kappa shape index (κ1) is 14.3. The molecule has 0 saturated carbocycles. The van der Waals surface area contributed by atoms with E-state index in [0.29, 0.717) is 28.5 Å². The zero-order valence-corrected chi connectivity index (χ0v) is 12.6. The van der Waals surface area contributed by atoms with Crippen LogP contribution in [-0.4, -0.2) is 43.2 Å². The average molecular weight is 294 g/mol. The van der Waals surface area contributed by atoms with Crippen LogP contribution in [0.15, 0.2) is 18.2 Å². The van der Waals surface area contributed by atoms with Gasteiger partial charge in [-0.2, -0.15) is 15.0 Å². The van der Waals surface area contributed by atoms with E-state index in [1.807, 2.05) is 19.0 Å². The summed E-state index contributed by atoms with van der Waals surface area (Å²) >= 11 is 6.05. The lowest BCUT2D eigenvalue weighted by Crippen LogP contribution is -2.15. The summed E-state index contributed by atoms with van der Waals surface area (Å²) in [5.74, 6) is 2.21. The second-order valence-corrected chi connectivity index (χ2v) is 4.71. The molecule has 7 heteroatoms. The lowest BCUT2D eigenvalue weighted by Gasteiger charge is -2.14. The molecule has 0 unspecified atom stereocenters. The summed E-state index contributed by atoms with van der Waals surface area (Å²) in [6.07, 6.45) is 0. The van der Waals surface area contributed by atoms with Gasteiger partial charge in [-0.1, -0.05) is 11.6 Å². The molecule has 2 rings (SSSR count). The topological polar surface area (TPSA) is 63.2 Å². The van der Waals surface area contributed by atoms with E-state index in [4.69, 9.17) is 16.3 Å². The maximum absolute atomic E-state index is 6.05. The third kappa shape index (κ3) is 2.91. The van der Waals surface area contributed by atoms with Gasteiger partial charge in [-0.3, -0.25) is 0 Å². The molecule has 1 aromatic carbocycles. The Morgan fingerprint density at radius 2 is 1.95 bits per heavy atom. The van der Waals surface area contributed by atoms with Crippen molar-refractivity contribution in [3.8, 4) is 17.1 Å². The summed E-state index contributed by atoms with van der Waals surface area (Å²) < 4.78 is 5.34. The predicted octanol–water partition coefficient (Wildman–Crippen LogP) is 2.31. The maximum Gasteiger partial charge on any atom is 0.230 e. The number of ether oxygens (including phenoxy) is 1. The number of aromatic nitrogens is 3. The fraction of sp³-hybridized carbons (Fsp3) is 0.308. The van der Waals surface area contributed by atoms with Crippen molar-refractivity contribution in [3.63, 3.8) is 0 Å². The smallest absolute Gasteiger partial charge is 0.230 e. The van der Waals surface area contributed by atoms with E-state index in [1.54, 1.807) is 32.4 Å². The van der Waals surface area contributed by atoms with Crippen LogP contribution in [0, 0.1) is 0 Å². The van der Waals surface area contributed by atoms with Crippen LogP contribution < -0.4 is 15.0 Å². The van der Waals surface area contributed by atoms with Gasteiger partial charge in [-0.25, -0.2) is 0 Å². The molecule has 1 N–H and O–H groups in total. The zero-order valence-electron chi connectivity index (χ0n) is 11.8. The van der Waals surface area contributed by atoms with Gasteiger partial charge in [0.1, 0.15) is 5.75 Å². The lowest BCUT2D eigenvalue weighted by atomic mass is 10.2. The Morgan fingerprint density at radius 3 is 2.55 bits per heavy atom. The molecule has 0 spiro atoms. The van der Waals surface area contributed by atoms with Crippen molar-refractivity contribution in [2.45, 2.75) is 0 Å². The minimum atomic E-state index is 0.487. The Kier molecular flexibility index (Phi) is 4.24. The fourth-order valence-corrected chi connectivity index (χ4v) is 1.82. The average Bonchev–Trinajstić information content (AvgIpc) is 2.46. The van der Waals surface area contributed by atoms with Crippen LogP contribution in [0.2, 0.25) is 5.02 Å². The number of halogens is 1. The van der Waals surface area contributed by atoms with E-state index in [2.05, 4.69) is 20.3 Å².